The number of aromatic amines is 1. The number of rotatable bonds is 2. The van der Waals surface area contributed by atoms with Gasteiger partial charge in [-0.1, -0.05) is 6.07 Å². The van der Waals surface area contributed by atoms with Crippen LogP contribution in [-0.2, 0) is 5.60 Å². The number of nitrogens with two attached hydrogens (primary N) is 1. The number of hydrogen-bond acceptors (Lipinski definition) is 3. The number of nitrogens with zero attached hydrogens (tertiary/aromatic N) is 1. The quantitative estimate of drug-likeness (QED) is 0.655. The van der Waals surface area contributed by atoms with Gasteiger partial charge in [0, 0.05) is 6.54 Å². The predicted octanol–water partition coefficient (Wildman–Crippen LogP) is 0.729. The number of aromatic nitrogens is 2. The standard InChI is InChI=1S/C10H13N3O/c1-10(14,5-11)7-2-3-8-9(4-7)13-6-12-8/h2-4,6,14H,5,11H2,1H3,(H,12,13). The van der Waals surface area contributed by atoms with Crippen molar-refractivity contribution in [3.8, 4) is 0 Å². The highest BCUT2D eigenvalue weighted by molar-refractivity contribution is 5.75. The number of nitrogens with one attached hydrogen (secondary N) is 1. The zero-order valence-electron chi connectivity index (χ0n) is 7.99. The fourth-order valence-electron chi connectivity index (χ4n) is 1.39. The molecule has 2 aromatic rings. The molecule has 0 spiro atoms. The van der Waals surface area contributed by atoms with Crippen molar-refractivity contribution >= 4 is 11.0 Å². The maximum atomic E-state index is 9.93. The summed E-state index contributed by atoms with van der Waals surface area (Å²) in [5.41, 5.74) is 7.12. The normalized spacial score (nSPS) is 15.6. The zero-order valence-corrected chi connectivity index (χ0v) is 7.99. The Morgan fingerprint density at radius 2 is 2.36 bits per heavy atom. The summed E-state index contributed by atoms with van der Waals surface area (Å²) in [5, 5.41) is 9.93. The van der Waals surface area contributed by atoms with E-state index in [2.05, 4.69) is 9.97 Å². The predicted molar refractivity (Wildman–Crippen MR) is 54.7 cm³/mol. The van der Waals surface area contributed by atoms with Crippen LogP contribution in [0.3, 0.4) is 0 Å². The van der Waals surface area contributed by atoms with E-state index in [-0.39, 0.29) is 6.54 Å². The molecular weight excluding hydrogens is 178 g/mol. The lowest BCUT2D eigenvalue weighted by Crippen LogP contribution is -2.31. The Morgan fingerprint density at radius 3 is 3.07 bits per heavy atom. The van der Waals surface area contributed by atoms with E-state index >= 15 is 0 Å². The second kappa shape index (κ2) is 3.08. The molecule has 0 fully saturated rings. The van der Waals surface area contributed by atoms with Gasteiger partial charge in [-0.2, -0.15) is 0 Å². The Labute approximate surface area is 81.8 Å². The lowest BCUT2D eigenvalue weighted by atomic mass is 9.96. The van der Waals surface area contributed by atoms with Crippen molar-refractivity contribution < 1.29 is 5.11 Å². The number of imidazole rings is 1. The Balaban J connectivity index is 2.53. The molecule has 0 saturated heterocycles. The summed E-state index contributed by atoms with van der Waals surface area (Å²) in [4.78, 5) is 7.09. The largest absolute Gasteiger partial charge is 0.384 e. The van der Waals surface area contributed by atoms with Crippen LogP contribution in [0.25, 0.3) is 11.0 Å². The molecule has 14 heavy (non-hydrogen) atoms. The number of hydrogen-bond donors (Lipinski definition) is 3. The lowest BCUT2D eigenvalue weighted by molar-refractivity contribution is 0.0669. The number of fused-ring (bicyclic) bond motifs is 1. The van der Waals surface area contributed by atoms with Crippen molar-refractivity contribution in [1.29, 1.82) is 0 Å². The molecule has 1 aromatic heterocycles. The molecule has 74 valence electrons. The molecule has 4 N–H and O–H groups in total. The van der Waals surface area contributed by atoms with Crippen LogP contribution in [0.4, 0.5) is 0 Å². The number of aliphatic hydroxyl groups is 1. The fourth-order valence-corrected chi connectivity index (χ4v) is 1.39. The van der Waals surface area contributed by atoms with Crippen molar-refractivity contribution in [2.75, 3.05) is 6.54 Å². The molecule has 4 nitrogen and oxygen atoms in total. The van der Waals surface area contributed by atoms with Crippen LogP contribution in [0.5, 0.6) is 0 Å². The zero-order chi connectivity index (χ0) is 10.2. The van der Waals surface area contributed by atoms with E-state index in [1.807, 2.05) is 18.2 Å². The maximum absolute atomic E-state index is 9.93. The molecule has 0 aliphatic heterocycles. The van der Waals surface area contributed by atoms with Gasteiger partial charge in [-0.3, -0.25) is 0 Å². The molecule has 2 rings (SSSR count). The van der Waals surface area contributed by atoms with Gasteiger partial charge in [0.25, 0.3) is 0 Å². The summed E-state index contributed by atoms with van der Waals surface area (Å²) < 4.78 is 0. The molecule has 0 amide bonds. The summed E-state index contributed by atoms with van der Waals surface area (Å²) >= 11 is 0. The van der Waals surface area contributed by atoms with E-state index in [0.29, 0.717) is 0 Å². The summed E-state index contributed by atoms with van der Waals surface area (Å²) in [6.45, 7) is 1.90. The Hall–Kier alpha value is -1.39. The molecule has 0 aliphatic rings. The van der Waals surface area contributed by atoms with Gasteiger partial charge in [0.05, 0.1) is 23.0 Å². The second-order valence-corrected chi connectivity index (χ2v) is 3.61. The van der Waals surface area contributed by atoms with E-state index < -0.39 is 5.60 Å². The summed E-state index contributed by atoms with van der Waals surface area (Å²) in [7, 11) is 0. The summed E-state index contributed by atoms with van der Waals surface area (Å²) in [5.74, 6) is 0. The van der Waals surface area contributed by atoms with Crippen LogP contribution in [0.1, 0.15) is 12.5 Å². The SMILES string of the molecule is CC(O)(CN)c1ccc2nc[nH]c2c1. The van der Waals surface area contributed by atoms with Crippen LogP contribution in [0, 0.1) is 0 Å². The average molecular weight is 191 g/mol. The molecule has 1 atom stereocenters. The first-order valence-corrected chi connectivity index (χ1v) is 4.49. The summed E-state index contributed by atoms with van der Waals surface area (Å²) in [6, 6.07) is 5.58. The third-order valence-electron chi connectivity index (χ3n) is 2.44. The van der Waals surface area contributed by atoms with E-state index in [9.17, 15) is 5.11 Å². The smallest absolute Gasteiger partial charge is 0.0990 e. The monoisotopic (exact) mass is 191 g/mol. The van der Waals surface area contributed by atoms with Gasteiger partial charge in [0.15, 0.2) is 0 Å². The third-order valence-corrected chi connectivity index (χ3v) is 2.44. The van der Waals surface area contributed by atoms with Gasteiger partial charge in [-0.15, -0.1) is 0 Å². The topological polar surface area (TPSA) is 74.9 Å². The second-order valence-electron chi connectivity index (χ2n) is 3.61. The van der Waals surface area contributed by atoms with Crippen molar-refractivity contribution in [1.82, 2.24) is 9.97 Å². The number of benzene rings is 1. The van der Waals surface area contributed by atoms with Crippen LogP contribution in [0.15, 0.2) is 24.5 Å². The molecule has 0 aliphatic carbocycles. The Morgan fingerprint density at radius 1 is 1.57 bits per heavy atom. The highest BCUT2D eigenvalue weighted by Crippen LogP contribution is 2.22. The minimum atomic E-state index is -0.973. The maximum Gasteiger partial charge on any atom is 0.0990 e. The molecule has 1 aromatic carbocycles. The van der Waals surface area contributed by atoms with Crippen LogP contribution in [-0.4, -0.2) is 21.6 Å². The van der Waals surface area contributed by atoms with Crippen LogP contribution >= 0.6 is 0 Å². The van der Waals surface area contributed by atoms with E-state index in [1.54, 1.807) is 13.3 Å². The average Bonchev–Trinajstić information content (AvgIpc) is 2.64. The highest BCUT2D eigenvalue weighted by Gasteiger charge is 2.21. The Bertz CT molecular complexity index is 447. The van der Waals surface area contributed by atoms with Crippen LogP contribution < -0.4 is 5.73 Å². The van der Waals surface area contributed by atoms with E-state index in [4.69, 9.17) is 5.73 Å². The highest BCUT2D eigenvalue weighted by atomic mass is 16.3. The van der Waals surface area contributed by atoms with E-state index in [0.717, 1.165) is 16.6 Å². The van der Waals surface area contributed by atoms with Gasteiger partial charge < -0.3 is 15.8 Å². The van der Waals surface area contributed by atoms with E-state index in [1.165, 1.54) is 0 Å². The van der Waals surface area contributed by atoms with Crippen molar-refractivity contribution in [2.45, 2.75) is 12.5 Å². The lowest BCUT2D eigenvalue weighted by Gasteiger charge is -2.21. The third kappa shape index (κ3) is 1.38. The first-order valence-electron chi connectivity index (χ1n) is 4.49. The van der Waals surface area contributed by atoms with Crippen LogP contribution in [0.2, 0.25) is 0 Å². The number of H-pyrrole nitrogens is 1. The molecular formula is C10H13N3O. The molecule has 0 bridgehead atoms. The minimum absolute atomic E-state index is 0.201. The summed E-state index contributed by atoms with van der Waals surface area (Å²) in [6.07, 6.45) is 1.63. The molecule has 1 heterocycles. The van der Waals surface area contributed by atoms with Crippen molar-refractivity contribution in [3.63, 3.8) is 0 Å². The molecule has 0 radical (unpaired) electrons. The Kier molecular flexibility index (Phi) is 2.02. The fraction of sp³-hybridized carbons (Fsp3) is 0.300. The molecule has 4 heteroatoms. The van der Waals surface area contributed by atoms with Gasteiger partial charge in [0.1, 0.15) is 0 Å². The van der Waals surface area contributed by atoms with Gasteiger partial charge in [0.2, 0.25) is 0 Å². The molecule has 1 unspecified atom stereocenters. The molecule has 0 saturated carbocycles. The minimum Gasteiger partial charge on any atom is -0.384 e. The van der Waals surface area contributed by atoms with Gasteiger partial charge in [-0.05, 0) is 24.6 Å². The van der Waals surface area contributed by atoms with Gasteiger partial charge in [-0.25, -0.2) is 4.98 Å². The van der Waals surface area contributed by atoms with Crippen molar-refractivity contribution in [2.24, 2.45) is 5.73 Å². The van der Waals surface area contributed by atoms with Crippen molar-refractivity contribution in [3.05, 3.63) is 30.1 Å². The first kappa shape index (κ1) is 9.18. The first-order chi connectivity index (χ1) is 6.63. The van der Waals surface area contributed by atoms with Gasteiger partial charge >= 0.3 is 0 Å².